The number of hydrogen-bond donors (Lipinski definition) is 1. The van der Waals surface area contributed by atoms with Crippen LogP contribution in [0.5, 0.6) is 11.5 Å². The molecule has 0 saturated carbocycles. The van der Waals surface area contributed by atoms with E-state index < -0.39 is 0 Å². The average molecular weight is 280 g/mol. The van der Waals surface area contributed by atoms with Crippen LogP contribution in [0.1, 0.15) is 11.1 Å². The van der Waals surface area contributed by atoms with Crippen molar-refractivity contribution in [1.29, 1.82) is 0 Å². The van der Waals surface area contributed by atoms with Gasteiger partial charge in [0, 0.05) is 34.6 Å². The molecular weight excluding hydrogens is 266 g/mol. The monoisotopic (exact) mass is 279 g/mol. The molecule has 2 rings (SSSR count). The Labute approximate surface area is 116 Å². The number of nitrogens with zero attached hydrogens (tertiary/aromatic N) is 1. The van der Waals surface area contributed by atoms with E-state index in [-0.39, 0.29) is 6.61 Å². The molecule has 0 radical (unpaired) electrons. The quantitative estimate of drug-likeness (QED) is 0.914. The van der Waals surface area contributed by atoms with E-state index in [4.69, 9.17) is 21.1 Å². The first kappa shape index (κ1) is 13.6. The SMILES string of the molecule is COc1cc(Cl)cc(CO)c1OCc1cccnc1. The van der Waals surface area contributed by atoms with Crippen molar-refractivity contribution < 1.29 is 14.6 Å². The van der Waals surface area contributed by atoms with Crippen LogP contribution in [-0.2, 0) is 13.2 Å². The molecule has 0 unspecified atom stereocenters. The number of aliphatic hydroxyl groups excluding tert-OH is 1. The summed E-state index contributed by atoms with van der Waals surface area (Å²) in [7, 11) is 1.53. The van der Waals surface area contributed by atoms with Crippen LogP contribution in [0, 0.1) is 0 Å². The molecule has 0 fully saturated rings. The second-order valence-electron chi connectivity index (χ2n) is 3.90. The molecule has 0 atom stereocenters. The van der Waals surface area contributed by atoms with Crippen molar-refractivity contribution in [2.24, 2.45) is 0 Å². The van der Waals surface area contributed by atoms with Crippen molar-refractivity contribution in [3.63, 3.8) is 0 Å². The molecular formula is C14H14ClNO3. The van der Waals surface area contributed by atoms with Crippen molar-refractivity contribution in [2.75, 3.05) is 7.11 Å². The normalized spacial score (nSPS) is 10.3. The fraction of sp³-hybridized carbons (Fsp3) is 0.214. The second-order valence-corrected chi connectivity index (χ2v) is 4.34. The third kappa shape index (κ3) is 3.36. The summed E-state index contributed by atoms with van der Waals surface area (Å²) in [6, 6.07) is 7.06. The summed E-state index contributed by atoms with van der Waals surface area (Å²) in [5.41, 5.74) is 1.52. The highest BCUT2D eigenvalue weighted by atomic mass is 35.5. The van der Waals surface area contributed by atoms with E-state index in [0.717, 1.165) is 5.56 Å². The molecule has 1 N–H and O–H groups in total. The van der Waals surface area contributed by atoms with Gasteiger partial charge in [0.25, 0.3) is 0 Å². The zero-order chi connectivity index (χ0) is 13.7. The summed E-state index contributed by atoms with van der Waals surface area (Å²) in [6.45, 7) is 0.179. The fourth-order valence-electron chi connectivity index (χ4n) is 1.69. The Morgan fingerprint density at radius 2 is 2.21 bits per heavy atom. The van der Waals surface area contributed by atoms with Crippen molar-refractivity contribution >= 4 is 11.6 Å². The van der Waals surface area contributed by atoms with Gasteiger partial charge in [0.2, 0.25) is 0 Å². The molecule has 1 aromatic heterocycles. The Balaban J connectivity index is 2.23. The van der Waals surface area contributed by atoms with Gasteiger partial charge in [0.1, 0.15) is 6.61 Å². The van der Waals surface area contributed by atoms with E-state index in [2.05, 4.69) is 4.98 Å². The number of pyridine rings is 1. The van der Waals surface area contributed by atoms with Crippen molar-refractivity contribution in [3.8, 4) is 11.5 Å². The van der Waals surface area contributed by atoms with Gasteiger partial charge in [-0.25, -0.2) is 0 Å². The Bertz CT molecular complexity index is 521. The Morgan fingerprint density at radius 1 is 1.37 bits per heavy atom. The van der Waals surface area contributed by atoms with Crippen LogP contribution in [0.4, 0.5) is 0 Å². The number of aromatic nitrogens is 1. The smallest absolute Gasteiger partial charge is 0.167 e. The summed E-state index contributed by atoms with van der Waals surface area (Å²) >= 11 is 5.94. The van der Waals surface area contributed by atoms with Crippen LogP contribution in [0.2, 0.25) is 5.02 Å². The number of aliphatic hydroxyl groups is 1. The van der Waals surface area contributed by atoms with Crippen LogP contribution in [-0.4, -0.2) is 17.2 Å². The predicted molar refractivity (Wildman–Crippen MR) is 72.5 cm³/mol. The van der Waals surface area contributed by atoms with Gasteiger partial charge in [-0.3, -0.25) is 4.98 Å². The number of methoxy groups -OCH3 is 1. The van der Waals surface area contributed by atoms with Crippen molar-refractivity contribution in [2.45, 2.75) is 13.2 Å². The van der Waals surface area contributed by atoms with E-state index in [1.165, 1.54) is 7.11 Å². The number of ether oxygens (including phenoxy) is 2. The molecule has 1 aromatic carbocycles. The summed E-state index contributed by atoms with van der Waals surface area (Å²) in [4.78, 5) is 4.01. The lowest BCUT2D eigenvalue weighted by atomic mass is 10.2. The highest BCUT2D eigenvalue weighted by Gasteiger charge is 2.12. The van der Waals surface area contributed by atoms with E-state index in [1.54, 1.807) is 24.5 Å². The van der Waals surface area contributed by atoms with Gasteiger partial charge in [0.05, 0.1) is 13.7 Å². The predicted octanol–water partition coefficient (Wildman–Crippen LogP) is 2.81. The summed E-state index contributed by atoms with van der Waals surface area (Å²) < 4.78 is 10.9. The summed E-state index contributed by atoms with van der Waals surface area (Å²) in [6.07, 6.45) is 3.42. The van der Waals surface area contributed by atoms with Crippen LogP contribution < -0.4 is 9.47 Å². The van der Waals surface area contributed by atoms with Crippen LogP contribution in [0.3, 0.4) is 0 Å². The topological polar surface area (TPSA) is 51.6 Å². The lowest BCUT2D eigenvalue weighted by Crippen LogP contribution is -2.01. The molecule has 0 aliphatic rings. The van der Waals surface area contributed by atoms with Gasteiger partial charge in [-0.2, -0.15) is 0 Å². The first-order valence-electron chi connectivity index (χ1n) is 5.73. The summed E-state index contributed by atoms with van der Waals surface area (Å²) in [5, 5.41) is 9.85. The van der Waals surface area contributed by atoms with E-state index in [1.807, 2.05) is 12.1 Å². The first-order valence-corrected chi connectivity index (χ1v) is 6.11. The van der Waals surface area contributed by atoms with Gasteiger partial charge in [-0.1, -0.05) is 17.7 Å². The Kier molecular flexibility index (Phi) is 4.60. The maximum atomic E-state index is 9.35. The molecule has 0 saturated heterocycles. The molecule has 0 aliphatic carbocycles. The fourth-order valence-corrected chi connectivity index (χ4v) is 1.93. The molecule has 100 valence electrons. The first-order chi connectivity index (χ1) is 9.24. The van der Waals surface area contributed by atoms with Crippen LogP contribution >= 0.6 is 11.6 Å². The minimum absolute atomic E-state index is 0.167. The van der Waals surface area contributed by atoms with Gasteiger partial charge in [-0.05, 0) is 12.1 Å². The molecule has 0 spiro atoms. The van der Waals surface area contributed by atoms with E-state index >= 15 is 0 Å². The molecule has 19 heavy (non-hydrogen) atoms. The van der Waals surface area contributed by atoms with Gasteiger partial charge in [-0.15, -0.1) is 0 Å². The molecule has 1 heterocycles. The lowest BCUT2D eigenvalue weighted by molar-refractivity contribution is 0.249. The van der Waals surface area contributed by atoms with Gasteiger partial charge < -0.3 is 14.6 Å². The molecule has 4 nitrogen and oxygen atoms in total. The zero-order valence-corrected chi connectivity index (χ0v) is 11.2. The third-order valence-electron chi connectivity index (χ3n) is 2.59. The molecule has 0 amide bonds. The Hall–Kier alpha value is -1.78. The second kappa shape index (κ2) is 6.41. The third-order valence-corrected chi connectivity index (χ3v) is 2.81. The highest BCUT2D eigenvalue weighted by Crippen LogP contribution is 2.35. The maximum Gasteiger partial charge on any atom is 0.167 e. The van der Waals surface area contributed by atoms with E-state index in [0.29, 0.717) is 28.7 Å². The molecule has 5 heteroatoms. The molecule has 0 bridgehead atoms. The minimum Gasteiger partial charge on any atom is -0.493 e. The minimum atomic E-state index is -0.167. The average Bonchev–Trinajstić information content (AvgIpc) is 2.46. The molecule has 2 aromatic rings. The number of benzene rings is 1. The largest absolute Gasteiger partial charge is 0.493 e. The van der Waals surface area contributed by atoms with Crippen LogP contribution in [0.15, 0.2) is 36.7 Å². The Morgan fingerprint density at radius 3 is 2.84 bits per heavy atom. The van der Waals surface area contributed by atoms with Crippen molar-refractivity contribution in [1.82, 2.24) is 4.98 Å². The highest BCUT2D eigenvalue weighted by molar-refractivity contribution is 6.30. The lowest BCUT2D eigenvalue weighted by Gasteiger charge is -2.14. The number of halogens is 1. The summed E-state index contributed by atoms with van der Waals surface area (Å²) in [5.74, 6) is 0.999. The maximum absolute atomic E-state index is 9.35. The van der Waals surface area contributed by atoms with Crippen LogP contribution in [0.25, 0.3) is 0 Å². The number of rotatable bonds is 5. The van der Waals surface area contributed by atoms with Gasteiger partial charge in [0.15, 0.2) is 11.5 Å². The van der Waals surface area contributed by atoms with Gasteiger partial charge >= 0.3 is 0 Å². The zero-order valence-electron chi connectivity index (χ0n) is 10.5. The van der Waals surface area contributed by atoms with E-state index in [9.17, 15) is 5.11 Å². The number of hydrogen-bond acceptors (Lipinski definition) is 4. The van der Waals surface area contributed by atoms with Crippen molar-refractivity contribution in [3.05, 3.63) is 52.8 Å². The standard InChI is InChI=1S/C14H14ClNO3/c1-18-13-6-12(15)5-11(8-17)14(13)19-9-10-3-2-4-16-7-10/h2-7,17H,8-9H2,1H3. The molecule has 0 aliphatic heterocycles.